The van der Waals surface area contributed by atoms with Crippen LogP contribution in [0.25, 0.3) is 0 Å². The summed E-state index contributed by atoms with van der Waals surface area (Å²) < 4.78 is 1.82. The largest absolute Gasteiger partial charge is 0.317 e. The monoisotopic (exact) mass is 249 g/mol. The summed E-state index contributed by atoms with van der Waals surface area (Å²) in [7, 11) is 1.91. The van der Waals surface area contributed by atoms with Crippen LogP contribution in [0.4, 0.5) is 0 Å². The molecule has 1 saturated heterocycles. The molecule has 0 aliphatic carbocycles. The molecule has 0 atom stereocenters. The molecule has 1 aromatic heterocycles. The van der Waals surface area contributed by atoms with Gasteiger partial charge >= 0.3 is 0 Å². The van der Waals surface area contributed by atoms with Gasteiger partial charge in [-0.25, -0.2) is 0 Å². The molecule has 0 bridgehead atoms. The maximum Gasteiger partial charge on any atom is 0.138 e. The summed E-state index contributed by atoms with van der Waals surface area (Å²) in [6.45, 7) is 4.18. The van der Waals surface area contributed by atoms with Crippen LogP contribution in [0.3, 0.4) is 0 Å². The minimum absolute atomic E-state index is 0.344. The Morgan fingerprint density at radius 3 is 2.83 bits per heavy atom. The standard InChI is InChI=1S/C14H23N3O/c1-11-9-13(17(2)16-11)10-14(18)4-3-12-5-7-15-8-6-12/h9,12,15H,3-8,10H2,1-2H3. The molecule has 18 heavy (non-hydrogen) atoms. The second kappa shape index (κ2) is 6.14. The van der Waals surface area contributed by atoms with Crippen molar-refractivity contribution in [2.24, 2.45) is 13.0 Å². The number of carbonyl (C=O) groups is 1. The van der Waals surface area contributed by atoms with Crippen molar-refractivity contribution in [3.8, 4) is 0 Å². The Kier molecular flexibility index (Phi) is 4.53. The quantitative estimate of drug-likeness (QED) is 0.862. The summed E-state index contributed by atoms with van der Waals surface area (Å²) in [5.74, 6) is 1.08. The zero-order valence-electron chi connectivity index (χ0n) is 11.4. The molecule has 1 fully saturated rings. The molecule has 0 amide bonds. The molecule has 1 N–H and O–H groups in total. The third kappa shape index (κ3) is 3.67. The second-order valence-corrected chi connectivity index (χ2v) is 5.35. The molecule has 2 rings (SSSR count). The Morgan fingerprint density at radius 2 is 2.22 bits per heavy atom. The minimum Gasteiger partial charge on any atom is -0.317 e. The number of hydrogen-bond acceptors (Lipinski definition) is 3. The Hall–Kier alpha value is -1.16. The van der Waals surface area contributed by atoms with E-state index < -0.39 is 0 Å². The zero-order chi connectivity index (χ0) is 13.0. The van der Waals surface area contributed by atoms with Crippen LogP contribution in [0.5, 0.6) is 0 Å². The van der Waals surface area contributed by atoms with Gasteiger partial charge in [0.05, 0.1) is 5.69 Å². The van der Waals surface area contributed by atoms with E-state index in [1.807, 2.05) is 24.7 Å². The summed E-state index contributed by atoms with van der Waals surface area (Å²) in [5, 5.41) is 7.63. The lowest BCUT2D eigenvalue weighted by molar-refractivity contribution is -0.118. The van der Waals surface area contributed by atoms with E-state index >= 15 is 0 Å². The van der Waals surface area contributed by atoms with Gasteiger partial charge in [0.1, 0.15) is 5.78 Å². The summed E-state index contributed by atoms with van der Waals surface area (Å²) >= 11 is 0. The molecule has 1 aromatic rings. The van der Waals surface area contributed by atoms with E-state index in [0.29, 0.717) is 12.2 Å². The van der Waals surface area contributed by atoms with Gasteiger partial charge in [-0.05, 0) is 51.3 Å². The van der Waals surface area contributed by atoms with Gasteiger partial charge in [-0.3, -0.25) is 9.48 Å². The summed E-state index contributed by atoms with van der Waals surface area (Å²) in [5.41, 5.74) is 2.02. The molecule has 2 heterocycles. The van der Waals surface area contributed by atoms with Gasteiger partial charge in [-0.1, -0.05) is 0 Å². The van der Waals surface area contributed by atoms with E-state index in [1.165, 1.54) is 12.8 Å². The van der Waals surface area contributed by atoms with Gasteiger partial charge in [0.15, 0.2) is 0 Å². The molecular formula is C14H23N3O. The van der Waals surface area contributed by atoms with E-state index in [2.05, 4.69) is 10.4 Å². The van der Waals surface area contributed by atoms with E-state index in [9.17, 15) is 4.79 Å². The number of piperidine rings is 1. The van der Waals surface area contributed by atoms with Crippen molar-refractivity contribution in [2.45, 2.75) is 39.0 Å². The number of nitrogens with zero attached hydrogens (tertiary/aromatic N) is 2. The predicted molar refractivity (Wildman–Crippen MR) is 71.5 cm³/mol. The number of rotatable bonds is 5. The van der Waals surface area contributed by atoms with Crippen LogP contribution < -0.4 is 5.32 Å². The van der Waals surface area contributed by atoms with Crippen molar-refractivity contribution in [1.29, 1.82) is 0 Å². The fraction of sp³-hybridized carbons (Fsp3) is 0.714. The van der Waals surface area contributed by atoms with E-state index in [-0.39, 0.29) is 0 Å². The average molecular weight is 249 g/mol. The number of carbonyl (C=O) groups excluding carboxylic acids is 1. The average Bonchev–Trinajstić information content (AvgIpc) is 2.67. The van der Waals surface area contributed by atoms with Crippen LogP contribution in [0.1, 0.15) is 37.1 Å². The normalized spacial score (nSPS) is 17.0. The van der Waals surface area contributed by atoms with E-state index in [4.69, 9.17) is 0 Å². The smallest absolute Gasteiger partial charge is 0.138 e. The third-order valence-electron chi connectivity index (χ3n) is 3.77. The fourth-order valence-electron chi connectivity index (χ4n) is 2.66. The molecular weight excluding hydrogens is 226 g/mol. The predicted octanol–water partition coefficient (Wildman–Crippen LogP) is 1.62. The molecule has 1 aliphatic rings. The topological polar surface area (TPSA) is 46.9 Å². The molecule has 0 aromatic carbocycles. The Balaban J connectivity index is 1.76. The number of ketones is 1. The van der Waals surface area contributed by atoms with Crippen LogP contribution in [0.2, 0.25) is 0 Å². The number of Topliss-reactive ketones (excluding diaryl/α,β-unsaturated/α-hetero) is 1. The van der Waals surface area contributed by atoms with Gasteiger partial charge in [0, 0.05) is 25.6 Å². The van der Waals surface area contributed by atoms with Gasteiger partial charge in [0.25, 0.3) is 0 Å². The van der Waals surface area contributed by atoms with Crippen molar-refractivity contribution < 1.29 is 4.79 Å². The molecule has 1 aliphatic heterocycles. The zero-order valence-corrected chi connectivity index (χ0v) is 11.4. The first-order valence-electron chi connectivity index (χ1n) is 6.87. The Bertz CT molecular complexity index is 405. The highest BCUT2D eigenvalue weighted by Crippen LogP contribution is 2.18. The number of aromatic nitrogens is 2. The second-order valence-electron chi connectivity index (χ2n) is 5.35. The molecule has 0 radical (unpaired) electrons. The third-order valence-corrected chi connectivity index (χ3v) is 3.77. The van der Waals surface area contributed by atoms with Crippen LogP contribution in [-0.4, -0.2) is 28.7 Å². The van der Waals surface area contributed by atoms with Crippen LogP contribution in [-0.2, 0) is 18.3 Å². The number of aryl methyl sites for hydroxylation is 2. The fourth-order valence-corrected chi connectivity index (χ4v) is 2.66. The minimum atomic E-state index is 0.344. The Morgan fingerprint density at radius 1 is 1.50 bits per heavy atom. The van der Waals surface area contributed by atoms with Gasteiger partial charge < -0.3 is 5.32 Å². The lowest BCUT2D eigenvalue weighted by atomic mass is 9.92. The molecule has 4 heteroatoms. The maximum atomic E-state index is 12.0. The van der Waals surface area contributed by atoms with E-state index in [1.54, 1.807) is 0 Å². The number of hydrogen-bond donors (Lipinski definition) is 1. The van der Waals surface area contributed by atoms with E-state index in [0.717, 1.165) is 43.2 Å². The van der Waals surface area contributed by atoms with Crippen LogP contribution in [0.15, 0.2) is 6.07 Å². The van der Waals surface area contributed by atoms with Crippen LogP contribution in [0, 0.1) is 12.8 Å². The molecule has 0 spiro atoms. The van der Waals surface area contributed by atoms with Gasteiger partial charge in [-0.2, -0.15) is 5.10 Å². The first-order valence-corrected chi connectivity index (χ1v) is 6.87. The first-order chi connectivity index (χ1) is 8.65. The molecule has 100 valence electrons. The van der Waals surface area contributed by atoms with Crippen molar-refractivity contribution in [3.63, 3.8) is 0 Å². The highest BCUT2D eigenvalue weighted by Gasteiger charge is 2.15. The molecule has 0 unspecified atom stereocenters. The highest BCUT2D eigenvalue weighted by atomic mass is 16.1. The van der Waals surface area contributed by atoms with Gasteiger partial charge in [-0.15, -0.1) is 0 Å². The highest BCUT2D eigenvalue weighted by molar-refractivity contribution is 5.80. The maximum absolute atomic E-state index is 12.0. The van der Waals surface area contributed by atoms with Crippen molar-refractivity contribution in [3.05, 3.63) is 17.5 Å². The lowest BCUT2D eigenvalue weighted by Crippen LogP contribution is -2.28. The van der Waals surface area contributed by atoms with Crippen molar-refractivity contribution >= 4 is 5.78 Å². The molecule has 4 nitrogen and oxygen atoms in total. The van der Waals surface area contributed by atoms with Gasteiger partial charge in [0.2, 0.25) is 0 Å². The van der Waals surface area contributed by atoms with Crippen molar-refractivity contribution in [2.75, 3.05) is 13.1 Å². The summed E-state index contributed by atoms with van der Waals surface area (Å²) in [4.78, 5) is 12.0. The number of nitrogens with one attached hydrogen (secondary N) is 1. The molecule has 0 saturated carbocycles. The van der Waals surface area contributed by atoms with Crippen molar-refractivity contribution in [1.82, 2.24) is 15.1 Å². The summed E-state index contributed by atoms with van der Waals surface area (Å²) in [6.07, 6.45) is 4.74. The first kappa shape index (κ1) is 13.3. The van der Waals surface area contributed by atoms with Crippen LogP contribution >= 0.6 is 0 Å². The lowest BCUT2D eigenvalue weighted by Gasteiger charge is -2.22. The Labute approximate surface area is 109 Å². The SMILES string of the molecule is Cc1cc(CC(=O)CCC2CCNCC2)n(C)n1. The summed E-state index contributed by atoms with van der Waals surface area (Å²) in [6, 6.07) is 2.00.